The first kappa shape index (κ1) is 18.5. The summed E-state index contributed by atoms with van der Waals surface area (Å²) in [5.74, 6) is -1.82. The van der Waals surface area contributed by atoms with Crippen LogP contribution in [0.1, 0.15) is 35.3 Å². The van der Waals surface area contributed by atoms with Gasteiger partial charge in [-0.1, -0.05) is 6.07 Å². The second-order valence-electron chi connectivity index (χ2n) is 6.33. The first-order valence-electron chi connectivity index (χ1n) is 8.27. The average Bonchev–Trinajstić information content (AvgIpc) is 2.62. The molecule has 1 N–H and O–H groups in total. The number of nitrogens with one attached hydrogen (secondary N) is 1. The van der Waals surface area contributed by atoms with E-state index in [-0.39, 0.29) is 36.7 Å². The summed E-state index contributed by atoms with van der Waals surface area (Å²) in [6.45, 7) is 1.46. The molecule has 2 amide bonds. The Hall–Kier alpha value is -3.34. The molecule has 6 nitrogen and oxygen atoms in total. The van der Waals surface area contributed by atoms with E-state index in [2.05, 4.69) is 10.3 Å². The third-order valence-corrected chi connectivity index (χ3v) is 4.34. The van der Waals surface area contributed by atoms with Crippen LogP contribution in [-0.2, 0) is 22.6 Å². The molecular formula is C19H16F2N4O2. The Labute approximate surface area is 154 Å². The third kappa shape index (κ3) is 4.08. The molecule has 1 aromatic carbocycles. The minimum absolute atomic E-state index is 0.000243. The van der Waals surface area contributed by atoms with Gasteiger partial charge >= 0.3 is 0 Å². The van der Waals surface area contributed by atoms with Crippen LogP contribution in [0, 0.1) is 23.0 Å². The summed E-state index contributed by atoms with van der Waals surface area (Å²) >= 11 is 0. The SMILES string of the molecule is C[C@@H](NC(=O)CN1Cc2cc(F)ccc2CC1=O)c1ncc(C#N)cc1F. The predicted octanol–water partition coefficient (Wildman–Crippen LogP) is 1.99. The highest BCUT2D eigenvalue weighted by molar-refractivity contribution is 5.87. The van der Waals surface area contributed by atoms with Gasteiger partial charge < -0.3 is 10.2 Å². The molecule has 0 fully saturated rings. The summed E-state index contributed by atoms with van der Waals surface area (Å²) in [7, 11) is 0. The lowest BCUT2D eigenvalue weighted by Crippen LogP contribution is -2.43. The Balaban J connectivity index is 1.65. The number of carbonyl (C=O) groups excluding carboxylic acids is 2. The normalized spacial score (nSPS) is 14.3. The van der Waals surface area contributed by atoms with Gasteiger partial charge in [-0.05, 0) is 36.2 Å². The van der Waals surface area contributed by atoms with E-state index in [9.17, 15) is 18.4 Å². The van der Waals surface area contributed by atoms with E-state index in [4.69, 9.17) is 5.26 Å². The molecule has 0 saturated carbocycles. The Kier molecular flexibility index (Phi) is 5.12. The van der Waals surface area contributed by atoms with Gasteiger partial charge in [0.25, 0.3) is 0 Å². The summed E-state index contributed by atoms with van der Waals surface area (Å²) in [4.78, 5) is 29.7. The van der Waals surface area contributed by atoms with Crippen molar-refractivity contribution in [3.8, 4) is 6.07 Å². The Bertz CT molecular complexity index is 955. The lowest BCUT2D eigenvalue weighted by Gasteiger charge is -2.28. The van der Waals surface area contributed by atoms with Crippen molar-refractivity contribution in [1.82, 2.24) is 15.2 Å². The number of hydrogen-bond acceptors (Lipinski definition) is 4. The van der Waals surface area contributed by atoms with Gasteiger partial charge in [-0.2, -0.15) is 5.26 Å². The maximum Gasteiger partial charge on any atom is 0.240 e. The maximum absolute atomic E-state index is 14.0. The Morgan fingerprint density at radius 1 is 1.37 bits per heavy atom. The van der Waals surface area contributed by atoms with Crippen LogP contribution in [-0.4, -0.2) is 28.2 Å². The van der Waals surface area contributed by atoms with Crippen molar-refractivity contribution < 1.29 is 18.4 Å². The molecule has 0 unspecified atom stereocenters. The van der Waals surface area contributed by atoms with Crippen molar-refractivity contribution in [2.75, 3.05) is 6.54 Å². The number of pyridine rings is 1. The standard InChI is InChI=1S/C19H16F2N4O2/c1-11(19-16(21)4-12(7-22)8-23-19)24-17(26)10-25-9-14-5-15(20)3-2-13(14)6-18(25)27/h2-5,8,11H,6,9-10H2,1H3,(H,24,26)/t11-/m1/s1. The van der Waals surface area contributed by atoms with E-state index in [0.717, 1.165) is 11.6 Å². The van der Waals surface area contributed by atoms with Crippen molar-refractivity contribution in [1.29, 1.82) is 5.26 Å². The van der Waals surface area contributed by atoms with Gasteiger partial charge in [0.2, 0.25) is 11.8 Å². The highest BCUT2D eigenvalue weighted by atomic mass is 19.1. The van der Waals surface area contributed by atoms with Gasteiger partial charge in [0.1, 0.15) is 17.7 Å². The summed E-state index contributed by atoms with van der Waals surface area (Å²) in [5.41, 5.74) is 1.49. The van der Waals surface area contributed by atoms with Crippen LogP contribution in [0.4, 0.5) is 8.78 Å². The maximum atomic E-state index is 14.0. The molecule has 27 heavy (non-hydrogen) atoms. The number of nitrogens with zero attached hydrogens (tertiary/aromatic N) is 3. The highest BCUT2D eigenvalue weighted by Gasteiger charge is 2.26. The molecule has 0 saturated heterocycles. The first-order valence-corrected chi connectivity index (χ1v) is 8.27. The van der Waals surface area contributed by atoms with Crippen LogP contribution < -0.4 is 5.32 Å². The molecule has 0 spiro atoms. The van der Waals surface area contributed by atoms with Crippen molar-refractivity contribution in [2.24, 2.45) is 0 Å². The van der Waals surface area contributed by atoms with Crippen molar-refractivity contribution in [3.05, 3.63) is 64.5 Å². The van der Waals surface area contributed by atoms with E-state index >= 15 is 0 Å². The summed E-state index contributed by atoms with van der Waals surface area (Å²) < 4.78 is 27.4. The van der Waals surface area contributed by atoms with Crippen molar-refractivity contribution in [2.45, 2.75) is 25.9 Å². The molecule has 0 bridgehead atoms. The Morgan fingerprint density at radius 2 is 2.15 bits per heavy atom. The number of benzene rings is 1. The molecule has 1 aliphatic heterocycles. The van der Waals surface area contributed by atoms with E-state index in [1.165, 1.54) is 23.2 Å². The molecule has 138 valence electrons. The molecule has 1 atom stereocenters. The minimum atomic E-state index is -0.741. The van der Waals surface area contributed by atoms with Gasteiger partial charge in [-0.15, -0.1) is 0 Å². The smallest absolute Gasteiger partial charge is 0.240 e. The summed E-state index contributed by atoms with van der Waals surface area (Å²) in [5, 5.41) is 11.3. The number of amides is 2. The fourth-order valence-corrected chi connectivity index (χ4v) is 2.98. The van der Waals surface area contributed by atoms with Crippen LogP contribution >= 0.6 is 0 Å². The van der Waals surface area contributed by atoms with E-state index in [1.807, 2.05) is 0 Å². The number of carbonyl (C=O) groups is 2. The third-order valence-electron chi connectivity index (χ3n) is 4.34. The molecule has 8 heteroatoms. The minimum Gasteiger partial charge on any atom is -0.346 e. The van der Waals surface area contributed by atoms with E-state index in [0.29, 0.717) is 5.56 Å². The first-order chi connectivity index (χ1) is 12.9. The van der Waals surface area contributed by atoms with E-state index in [1.54, 1.807) is 19.1 Å². The zero-order valence-electron chi connectivity index (χ0n) is 14.5. The molecule has 0 aliphatic carbocycles. The van der Waals surface area contributed by atoms with Crippen LogP contribution in [0.5, 0.6) is 0 Å². The van der Waals surface area contributed by atoms with Gasteiger partial charge in [0.15, 0.2) is 0 Å². The van der Waals surface area contributed by atoms with Crippen molar-refractivity contribution in [3.63, 3.8) is 0 Å². The molecule has 1 aliphatic rings. The largest absolute Gasteiger partial charge is 0.346 e. The lowest BCUT2D eigenvalue weighted by atomic mass is 9.99. The van der Waals surface area contributed by atoms with Crippen LogP contribution in [0.3, 0.4) is 0 Å². The van der Waals surface area contributed by atoms with Crippen LogP contribution in [0.15, 0.2) is 30.5 Å². The molecular weight excluding hydrogens is 354 g/mol. The van der Waals surface area contributed by atoms with Gasteiger partial charge in [0.05, 0.1) is 30.3 Å². The highest BCUT2D eigenvalue weighted by Crippen LogP contribution is 2.21. The lowest BCUT2D eigenvalue weighted by molar-refractivity contribution is -0.137. The zero-order valence-corrected chi connectivity index (χ0v) is 14.5. The second-order valence-corrected chi connectivity index (χ2v) is 6.33. The monoisotopic (exact) mass is 370 g/mol. The van der Waals surface area contributed by atoms with Gasteiger partial charge in [0, 0.05) is 12.7 Å². The number of nitriles is 1. The predicted molar refractivity (Wildman–Crippen MR) is 91.0 cm³/mol. The quantitative estimate of drug-likeness (QED) is 0.892. The fraction of sp³-hybridized carbons (Fsp3) is 0.263. The number of fused-ring (bicyclic) bond motifs is 1. The average molecular weight is 370 g/mol. The van der Waals surface area contributed by atoms with Crippen LogP contribution in [0.25, 0.3) is 0 Å². The van der Waals surface area contributed by atoms with Crippen LogP contribution in [0.2, 0.25) is 0 Å². The van der Waals surface area contributed by atoms with Gasteiger partial charge in [-0.3, -0.25) is 14.6 Å². The van der Waals surface area contributed by atoms with Crippen molar-refractivity contribution >= 4 is 11.8 Å². The topological polar surface area (TPSA) is 86.1 Å². The number of halogens is 2. The molecule has 1 aromatic heterocycles. The fourth-order valence-electron chi connectivity index (χ4n) is 2.98. The summed E-state index contributed by atoms with van der Waals surface area (Å²) in [6.07, 6.45) is 1.32. The second kappa shape index (κ2) is 7.50. The molecule has 2 aromatic rings. The molecule has 3 rings (SSSR count). The molecule has 2 heterocycles. The van der Waals surface area contributed by atoms with Gasteiger partial charge in [-0.25, -0.2) is 8.78 Å². The molecule has 0 radical (unpaired) electrons. The number of hydrogen-bond donors (Lipinski definition) is 1. The number of aromatic nitrogens is 1. The number of rotatable bonds is 4. The zero-order chi connectivity index (χ0) is 19.6. The van der Waals surface area contributed by atoms with E-state index < -0.39 is 23.6 Å². The Morgan fingerprint density at radius 3 is 2.85 bits per heavy atom. The summed E-state index contributed by atoms with van der Waals surface area (Å²) in [6, 6.07) is 6.31.